The normalized spacial score (nSPS) is 12.7. The highest BCUT2D eigenvalue weighted by atomic mass is 32.1. The van der Waals surface area contributed by atoms with E-state index < -0.39 is 0 Å². The summed E-state index contributed by atoms with van der Waals surface area (Å²) in [6, 6.07) is 0.229. The second kappa shape index (κ2) is 7.36. The first-order valence-corrected chi connectivity index (χ1v) is 7.34. The fourth-order valence-corrected chi connectivity index (χ4v) is 2.36. The number of amides is 1. The minimum Gasteiger partial charge on any atom is -0.375 e. The van der Waals surface area contributed by atoms with Gasteiger partial charge in [-0.1, -0.05) is 26.7 Å². The number of anilines is 1. The first-order valence-electron chi connectivity index (χ1n) is 6.46. The molecule has 0 saturated heterocycles. The fourth-order valence-electron chi connectivity index (χ4n) is 1.80. The van der Waals surface area contributed by atoms with Gasteiger partial charge in [0, 0.05) is 11.4 Å². The van der Waals surface area contributed by atoms with Gasteiger partial charge < -0.3 is 11.1 Å². The van der Waals surface area contributed by atoms with Crippen LogP contribution in [0.3, 0.4) is 0 Å². The van der Waals surface area contributed by atoms with E-state index in [0.717, 1.165) is 24.5 Å². The molecule has 3 N–H and O–H groups in total. The molecule has 0 aliphatic heterocycles. The Balaban J connectivity index is 2.23. The SMILES string of the molecule is CC(C)CCCC(C)NC(=O)Cc1csc(N)n1. The number of rotatable bonds is 7. The number of carbonyl (C=O) groups is 1. The molecular formula is C13H23N3OS. The Morgan fingerprint density at radius 3 is 2.72 bits per heavy atom. The van der Waals surface area contributed by atoms with Crippen LogP contribution in [0.15, 0.2) is 5.38 Å². The minimum absolute atomic E-state index is 0.0253. The van der Waals surface area contributed by atoms with Crippen LogP contribution in [0, 0.1) is 5.92 Å². The van der Waals surface area contributed by atoms with Crippen LogP contribution in [-0.2, 0) is 11.2 Å². The van der Waals surface area contributed by atoms with Gasteiger partial charge in [0.2, 0.25) is 5.91 Å². The third-order valence-electron chi connectivity index (χ3n) is 2.74. The smallest absolute Gasteiger partial charge is 0.226 e. The molecule has 0 spiro atoms. The Kier molecular flexibility index (Phi) is 6.12. The molecule has 18 heavy (non-hydrogen) atoms. The predicted molar refractivity (Wildman–Crippen MR) is 76.5 cm³/mol. The lowest BCUT2D eigenvalue weighted by atomic mass is 10.0. The van der Waals surface area contributed by atoms with Crippen molar-refractivity contribution in [1.82, 2.24) is 10.3 Å². The Morgan fingerprint density at radius 1 is 1.44 bits per heavy atom. The molecule has 102 valence electrons. The Bertz CT molecular complexity index is 376. The molecule has 4 nitrogen and oxygen atoms in total. The lowest BCUT2D eigenvalue weighted by Gasteiger charge is -2.14. The molecule has 0 bridgehead atoms. The predicted octanol–water partition coefficient (Wildman–Crippen LogP) is 2.60. The zero-order chi connectivity index (χ0) is 13.5. The Morgan fingerprint density at radius 2 is 2.17 bits per heavy atom. The summed E-state index contributed by atoms with van der Waals surface area (Å²) >= 11 is 1.37. The molecule has 1 heterocycles. The highest BCUT2D eigenvalue weighted by Gasteiger charge is 2.10. The van der Waals surface area contributed by atoms with Crippen molar-refractivity contribution in [2.75, 3.05) is 5.73 Å². The molecule has 0 aliphatic rings. The van der Waals surface area contributed by atoms with Gasteiger partial charge >= 0.3 is 0 Å². The maximum absolute atomic E-state index is 11.7. The molecule has 0 radical (unpaired) electrons. The van der Waals surface area contributed by atoms with E-state index in [9.17, 15) is 4.79 Å². The number of aromatic nitrogens is 1. The van der Waals surface area contributed by atoms with E-state index in [1.54, 1.807) is 0 Å². The Labute approximate surface area is 113 Å². The molecule has 0 saturated carbocycles. The summed E-state index contributed by atoms with van der Waals surface area (Å²) < 4.78 is 0. The number of nitrogens with two attached hydrogens (primary N) is 1. The van der Waals surface area contributed by atoms with E-state index in [2.05, 4.69) is 24.1 Å². The van der Waals surface area contributed by atoms with Gasteiger partial charge in [0.05, 0.1) is 12.1 Å². The average molecular weight is 269 g/mol. The van der Waals surface area contributed by atoms with Crippen molar-refractivity contribution in [1.29, 1.82) is 0 Å². The summed E-state index contributed by atoms with van der Waals surface area (Å²) in [5.41, 5.74) is 6.28. The molecule has 1 aromatic heterocycles. The zero-order valence-electron chi connectivity index (χ0n) is 11.4. The minimum atomic E-state index is 0.0253. The number of thiazole rings is 1. The van der Waals surface area contributed by atoms with Crippen molar-refractivity contribution >= 4 is 22.4 Å². The first kappa shape index (κ1) is 15.0. The van der Waals surface area contributed by atoms with Crippen molar-refractivity contribution in [3.05, 3.63) is 11.1 Å². The van der Waals surface area contributed by atoms with Gasteiger partial charge in [-0.25, -0.2) is 4.98 Å². The maximum atomic E-state index is 11.7. The van der Waals surface area contributed by atoms with E-state index in [4.69, 9.17) is 5.73 Å². The topological polar surface area (TPSA) is 68.0 Å². The first-order chi connectivity index (χ1) is 8.47. The summed E-state index contributed by atoms with van der Waals surface area (Å²) in [6.45, 7) is 6.49. The van der Waals surface area contributed by atoms with Crippen molar-refractivity contribution in [3.63, 3.8) is 0 Å². The van der Waals surface area contributed by atoms with Crippen LogP contribution in [0.1, 0.15) is 45.7 Å². The van der Waals surface area contributed by atoms with Crippen molar-refractivity contribution in [2.24, 2.45) is 5.92 Å². The third-order valence-corrected chi connectivity index (χ3v) is 3.46. The van der Waals surface area contributed by atoms with Crippen LogP contribution in [-0.4, -0.2) is 16.9 Å². The third kappa shape index (κ3) is 6.00. The second-order valence-electron chi connectivity index (χ2n) is 5.15. The number of carbonyl (C=O) groups excluding carboxylic acids is 1. The van der Waals surface area contributed by atoms with Gasteiger partial charge in [0.25, 0.3) is 0 Å². The molecule has 1 aromatic rings. The molecular weight excluding hydrogens is 246 g/mol. The number of nitrogens with zero attached hydrogens (tertiary/aromatic N) is 1. The molecule has 1 unspecified atom stereocenters. The maximum Gasteiger partial charge on any atom is 0.226 e. The molecule has 0 aromatic carbocycles. The van der Waals surface area contributed by atoms with E-state index >= 15 is 0 Å². The molecule has 1 rings (SSSR count). The van der Waals surface area contributed by atoms with Crippen LogP contribution in [0.4, 0.5) is 5.13 Å². The second-order valence-corrected chi connectivity index (χ2v) is 6.04. The lowest BCUT2D eigenvalue weighted by Crippen LogP contribution is -2.33. The zero-order valence-corrected chi connectivity index (χ0v) is 12.2. The van der Waals surface area contributed by atoms with Crippen LogP contribution < -0.4 is 11.1 Å². The van der Waals surface area contributed by atoms with Gasteiger partial charge in [-0.2, -0.15) is 0 Å². The fraction of sp³-hybridized carbons (Fsp3) is 0.692. The van der Waals surface area contributed by atoms with Crippen molar-refractivity contribution in [3.8, 4) is 0 Å². The molecule has 0 fully saturated rings. The largest absolute Gasteiger partial charge is 0.375 e. The number of nitrogen functional groups attached to an aromatic ring is 1. The van der Waals surface area contributed by atoms with Crippen molar-refractivity contribution in [2.45, 2.75) is 52.5 Å². The monoisotopic (exact) mass is 269 g/mol. The van der Waals surface area contributed by atoms with Gasteiger partial charge in [-0.3, -0.25) is 4.79 Å². The summed E-state index contributed by atoms with van der Waals surface area (Å²) in [5, 5.41) is 5.34. The van der Waals surface area contributed by atoms with Gasteiger partial charge in [0.1, 0.15) is 0 Å². The number of hydrogen-bond donors (Lipinski definition) is 2. The van der Waals surface area contributed by atoms with Gasteiger partial charge in [-0.05, 0) is 19.3 Å². The van der Waals surface area contributed by atoms with Crippen LogP contribution in [0.5, 0.6) is 0 Å². The number of hydrogen-bond acceptors (Lipinski definition) is 4. The van der Waals surface area contributed by atoms with Crippen LogP contribution in [0.2, 0.25) is 0 Å². The standard InChI is InChI=1S/C13H23N3OS/c1-9(2)5-4-6-10(3)15-12(17)7-11-8-18-13(14)16-11/h8-10H,4-7H2,1-3H3,(H2,14,16)(H,15,17). The Hall–Kier alpha value is -1.10. The lowest BCUT2D eigenvalue weighted by molar-refractivity contribution is -0.121. The highest BCUT2D eigenvalue weighted by Crippen LogP contribution is 2.12. The molecule has 5 heteroatoms. The molecule has 0 aliphatic carbocycles. The van der Waals surface area contributed by atoms with E-state index in [0.29, 0.717) is 11.6 Å². The summed E-state index contributed by atoms with van der Waals surface area (Å²) in [5.74, 6) is 0.753. The van der Waals surface area contributed by atoms with Crippen LogP contribution in [0.25, 0.3) is 0 Å². The van der Waals surface area contributed by atoms with Crippen molar-refractivity contribution < 1.29 is 4.79 Å². The van der Waals surface area contributed by atoms with E-state index in [1.807, 2.05) is 12.3 Å². The molecule has 1 amide bonds. The number of nitrogens with one attached hydrogen (secondary N) is 1. The highest BCUT2D eigenvalue weighted by molar-refractivity contribution is 7.13. The summed E-state index contributed by atoms with van der Waals surface area (Å²) in [7, 11) is 0. The van der Waals surface area contributed by atoms with E-state index in [-0.39, 0.29) is 11.9 Å². The summed E-state index contributed by atoms with van der Waals surface area (Å²) in [6.07, 6.45) is 3.72. The van der Waals surface area contributed by atoms with Gasteiger partial charge in [0.15, 0.2) is 5.13 Å². The van der Waals surface area contributed by atoms with E-state index in [1.165, 1.54) is 17.8 Å². The average Bonchev–Trinajstić information content (AvgIpc) is 2.62. The summed E-state index contributed by atoms with van der Waals surface area (Å²) in [4.78, 5) is 15.8. The van der Waals surface area contributed by atoms with Gasteiger partial charge in [-0.15, -0.1) is 11.3 Å². The molecule has 1 atom stereocenters. The van der Waals surface area contributed by atoms with Crippen LogP contribution >= 0.6 is 11.3 Å². The quantitative estimate of drug-likeness (QED) is 0.799.